The van der Waals surface area contributed by atoms with E-state index in [1.165, 1.54) is 12.1 Å². The van der Waals surface area contributed by atoms with Crippen molar-refractivity contribution in [2.24, 2.45) is 0 Å². The Bertz CT molecular complexity index is 1550. The van der Waals surface area contributed by atoms with E-state index in [2.05, 4.69) is 21.3 Å². The molecule has 0 bridgehead atoms. The summed E-state index contributed by atoms with van der Waals surface area (Å²) in [6, 6.07) is 14.1. The second-order valence-electron chi connectivity index (χ2n) is 8.84. The molecule has 186 valence electrons. The molecule has 0 aliphatic carbocycles. The van der Waals surface area contributed by atoms with Gasteiger partial charge >= 0.3 is 6.03 Å². The molecule has 0 saturated heterocycles. The Hall–Kier alpha value is -4.06. The second-order valence-corrected chi connectivity index (χ2v) is 9.23. The standard InChI is InChI=1S/C28H22ClF2N5O/c29-27-13-20(5-7-33-27)16-34-28(37)36-25-4-3-19(15-32)12-23(25)24-17-35(9-6-26(24)36)8-1-2-18-10-21(30)14-22(31)11-18/h1-5,7,10-14H,6,8-9,16-17H2,(H,34,37)/b2-1+. The van der Waals surface area contributed by atoms with Crippen LogP contribution in [0.2, 0.25) is 5.15 Å². The van der Waals surface area contributed by atoms with Crippen LogP contribution in [0.15, 0.2) is 60.8 Å². The first-order chi connectivity index (χ1) is 17.9. The van der Waals surface area contributed by atoms with Gasteiger partial charge in [-0.2, -0.15) is 5.26 Å². The Kier molecular flexibility index (Phi) is 6.99. The van der Waals surface area contributed by atoms with Crippen LogP contribution in [0.25, 0.3) is 17.0 Å². The quantitative estimate of drug-likeness (QED) is 0.346. The summed E-state index contributed by atoms with van der Waals surface area (Å²) in [5.74, 6) is -1.23. The van der Waals surface area contributed by atoms with Crippen molar-refractivity contribution in [1.82, 2.24) is 19.8 Å². The predicted molar refractivity (Wildman–Crippen MR) is 138 cm³/mol. The molecule has 6 nitrogen and oxygen atoms in total. The van der Waals surface area contributed by atoms with Crippen molar-refractivity contribution in [3.63, 3.8) is 0 Å². The number of halogens is 3. The molecule has 0 radical (unpaired) electrons. The number of benzene rings is 2. The van der Waals surface area contributed by atoms with E-state index in [0.717, 1.165) is 33.8 Å². The number of aromatic nitrogens is 2. The van der Waals surface area contributed by atoms with E-state index in [9.17, 15) is 18.8 Å². The van der Waals surface area contributed by atoms with Crippen LogP contribution in [0, 0.1) is 23.0 Å². The molecule has 0 fully saturated rings. The van der Waals surface area contributed by atoms with Gasteiger partial charge < -0.3 is 5.32 Å². The molecule has 0 saturated carbocycles. The van der Waals surface area contributed by atoms with Crippen molar-refractivity contribution in [2.75, 3.05) is 13.1 Å². The molecule has 0 atom stereocenters. The highest BCUT2D eigenvalue weighted by Crippen LogP contribution is 2.31. The zero-order valence-corrected chi connectivity index (χ0v) is 20.5. The fraction of sp³-hybridized carbons (Fsp3) is 0.179. The maximum atomic E-state index is 13.5. The molecule has 4 aromatic rings. The van der Waals surface area contributed by atoms with E-state index >= 15 is 0 Å². The summed E-state index contributed by atoms with van der Waals surface area (Å²) in [7, 11) is 0. The van der Waals surface area contributed by atoms with Crippen LogP contribution in [0.1, 0.15) is 27.9 Å². The van der Waals surface area contributed by atoms with Crippen LogP contribution in [0.5, 0.6) is 0 Å². The first-order valence-electron chi connectivity index (χ1n) is 11.7. The SMILES string of the molecule is N#Cc1ccc2c(c1)c1c(n2C(=O)NCc2ccnc(Cl)c2)CCN(C/C=C/c2cc(F)cc(F)c2)C1. The van der Waals surface area contributed by atoms with E-state index in [-0.39, 0.29) is 6.03 Å². The summed E-state index contributed by atoms with van der Waals surface area (Å²) in [5, 5.41) is 13.6. The molecule has 1 aliphatic heterocycles. The number of amides is 1. The number of hydrogen-bond donors (Lipinski definition) is 1. The summed E-state index contributed by atoms with van der Waals surface area (Å²) in [6.07, 6.45) is 5.78. The van der Waals surface area contributed by atoms with Gasteiger partial charge in [0, 0.05) is 55.9 Å². The highest BCUT2D eigenvalue weighted by atomic mass is 35.5. The Morgan fingerprint density at radius 1 is 1.16 bits per heavy atom. The lowest BCUT2D eigenvalue weighted by Gasteiger charge is -2.27. The summed E-state index contributed by atoms with van der Waals surface area (Å²) < 4.78 is 28.6. The van der Waals surface area contributed by atoms with Crippen molar-refractivity contribution in [3.8, 4) is 6.07 Å². The van der Waals surface area contributed by atoms with Gasteiger partial charge in [-0.3, -0.25) is 9.47 Å². The van der Waals surface area contributed by atoms with Gasteiger partial charge in [0.1, 0.15) is 16.8 Å². The van der Waals surface area contributed by atoms with Gasteiger partial charge in [-0.15, -0.1) is 0 Å². The van der Waals surface area contributed by atoms with Gasteiger partial charge in [-0.25, -0.2) is 18.6 Å². The van der Waals surface area contributed by atoms with Gasteiger partial charge in [0.25, 0.3) is 0 Å². The molecule has 1 N–H and O–H groups in total. The third-order valence-corrected chi connectivity index (χ3v) is 6.56. The van der Waals surface area contributed by atoms with Crippen LogP contribution in [0.3, 0.4) is 0 Å². The largest absolute Gasteiger partial charge is 0.333 e. The average molecular weight is 518 g/mol. The molecule has 2 aromatic carbocycles. The van der Waals surface area contributed by atoms with Gasteiger partial charge in [-0.05, 0) is 59.2 Å². The first-order valence-corrected chi connectivity index (χ1v) is 12.1. The smallest absolute Gasteiger partial charge is 0.326 e. The van der Waals surface area contributed by atoms with Crippen molar-refractivity contribution in [1.29, 1.82) is 5.26 Å². The van der Waals surface area contributed by atoms with E-state index < -0.39 is 11.6 Å². The molecule has 0 spiro atoms. The Labute approximate surface area is 217 Å². The number of nitrogens with zero attached hydrogens (tertiary/aromatic N) is 4. The molecule has 5 rings (SSSR count). The lowest BCUT2D eigenvalue weighted by Crippen LogP contribution is -2.34. The van der Waals surface area contributed by atoms with E-state index in [0.29, 0.717) is 48.9 Å². The molecule has 1 amide bonds. The van der Waals surface area contributed by atoms with Crippen molar-refractivity contribution in [2.45, 2.75) is 19.5 Å². The minimum absolute atomic E-state index is 0.259. The summed E-state index contributed by atoms with van der Waals surface area (Å²) in [4.78, 5) is 19.5. The maximum Gasteiger partial charge on any atom is 0.326 e. The number of pyridine rings is 1. The average Bonchev–Trinajstić information content (AvgIpc) is 3.20. The summed E-state index contributed by atoms with van der Waals surface area (Å²) in [6.45, 7) is 2.13. The minimum atomic E-state index is -0.617. The highest BCUT2D eigenvalue weighted by Gasteiger charge is 2.26. The maximum absolute atomic E-state index is 13.5. The van der Waals surface area contributed by atoms with E-state index in [4.69, 9.17) is 11.6 Å². The molecule has 0 unspecified atom stereocenters. The zero-order valence-electron chi connectivity index (χ0n) is 19.7. The normalized spacial score (nSPS) is 13.6. The number of carbonyl (C=O) groups excluding carboxylic acids is 1. The van der Waals surface area contributed by atoms with E-state index in [1.54, 1.807) is 41.1 Å². The number of rotatable bonds is 5. The topological polar surface area (TPSA) is 74.0 Å². The van der Waals surface area contributed by atoms with Crippen LogP contribution in [0.4, 0.5) is 13.6 Å². The fourth-order valence-corrected chi connectivity index (χ4v) is 4.89. The van der Waals surface area contributed by atoms with Crippen LogP contribution in [-0.4, -0.2) is 33.6 Å². The number of nitrogens with one attached hydrogen (secondary N) is 1. The van der Waals surface area contributed by atoms with Crippen molar-refractivity contribution < 1.29 is 13.6 Å². The first kappa shape index (κ1) is 24.6. The number of carbonyl (C=O) groups is 1. The van der Waals surface area contributed by atoms with E-state index in [1.807, 2.05) is 12.1 Å². The summed E-state index contributed by atoms with van der Waals surface area (Å²) >= 11 is 5.96. The minimum Gasteiger partial charge on any atom is -0.333 e. The third kappa shape index (κ3) is 5.38. The van der Waals surface area contributed by atoms with Gasteiger partial charge in [0.15, 0.2) is 0 Å². The molecule has 1 aliphatic rings. The van der Waals surface area contributed by atoms with Crippen LogP contribution in [-0.2, 0) is 19.5 Å². The number of nitriles is 1. The van der Waals surface area contributed by atoms with Crippen LogP contribution < -0.4 is 5.32 Å². The number of fused-ring (bicyclic) bond motifs is 3. The van der Waals surface area contributed by atoms with Gasteiger partial charge in [-0.1, -0.05) is 23.8 Å². The lowest BCUT2D eigenvalue weighted by molar-refractivity contribution is 0.240. The monoisotopic (exact) mass is 517 g/mol. The number of hydrogen-bond acceptors (Lipinski definition) is 4. The molecule has 2 aromatic heterocycles. The molecule has 9 heteroatoms. The lowest BCUT2D eigenvalue weighted by atomic mass is 10.0. The van der Waals surface area contributed by atoms with Crippen LogP contribution >= 0.6 is 11.6 Å². The zero-order chi connectivity index (χ0) is 25.9. The fourth-order valence-electron chi connectivity index (χ4n) is 4.69. The molecular formula is C28H22ClF2N5O. The highest BCUT2D eigenvalue weighted by molar-refractivity contribution is 6.29. The molecular weight excluding hydrogens is 496 g/mol. The van der Waals surface area contributed by atoms with Crippen molar-refractivity contribution in [3.05, 3.63) is 106 Å². The van der Waals surface area contributed by atoms with Crippen molar-refractivity contribution >= 4 is 34.6 Å². The Morgan fingerprint density at radius 2 is 1.97 bits per heavy atom. The molecule has 37 heavy (non-hydrogen) atoms. The Balaban J connectivity index is 1.39. The molecule has 3 heterocycles. The van der Waals surface area contributed by atoms with Gasteiger partial charge in [0.2, 0.25) is 0 Å². The predicted octanol–water partition coefficient (Wildman–Crippen LogP) is 5.67. The third-order valence-electron chi connectivity index (χ3n) is 6.35. The van der Waals surface area contributed by atoms with Gasteiger partial charge in [0.05, 0.1) is 17.1 Å². The Morgan fingerprint density at radius 3 is 2.73 bits per heavy atom. The summed E-state index contributed by atoms with van der Waals surface area (Å²) in [5.41, 5.74) is 4.44. The second kappa shape index (κ2) is 10.5.